The Morgan fingerprint density at radius 1 is 1.57 bits per heavy atom. The highest BCUT2D eigenvalue weighted by atomic mass is 14.9. The van der Waals surface area contributed by atoms with Crippen molar-refractivity contribution in [1.82, 2.24) is 15.3 Å². The second-order valence-electron chi connectivity index (χ2n) is 3.20. The van der Waals surface area contributed by atoms with Crippen LogP contribution < -0.4 is 5.32 Å². The largest absolute Gasteiger partial charge is 0.311 e. The molecule has 0 aliphatic rings. The molecule has 3 nitrogen and oxygen atoms in total. The smallest absolute Gasteiger partial charge is 0.125 e. The summed E-state index contributed by atoms with van der Waals surface area (Å²) in [6.07, 6.45) is 5.93. The first-order valence-electron chi connectivity index (χ1n) is 4.93. The van der Waals surface area contributed by atoms with E-state index in [0.717, 1.165) is 37.4 Å². The molecule has 1 N–H and O–H groups in total. The van der Waals surface area contributed by atoms with Gasteiger partial charge in [0.25, 0.3) is 0 Å². The monoisotopic (exact) mass is 191 g/mol. The van der Waals surface area contributed by atoms with Crippen molar-refractivity contribution < 1.29 is 0 Å². The van der Waals surface area contributed by atoms with Crippen LogP contribution in [0.5, 0.6) is 0 Å². The summed E-state index contributed by atoms with van der Waals surface area (Å²) in [5.41, 5.74) is 1.05. The molecule has 1 aromatic heterocycles. The summed E-state index contributed by atoms with van der Waals surface area (Å²) in [6, 6.07) is 1.94. The number of hydrogen-bond acceptors (Lipinski definition) is 3. The molecule has 1 rings (SSSR count). The van der Waals surface area contributed by atoms with E-state index in [1.807, 2.05) is 19.1 Å². The Morgan fingerprint density at radius 3 is 3.14 bits per heavy atom. The number of nitrogens with one attached hydrogen (secondary N) is 1. The molecule has 0 saturated heterocycles. The van der Waals surface area contributed by atoms with Crippen LogP contribution in [0.25, 0.3) is 0 Å². The zero-order valence-electron chi connectivity index (χ0n) is 8.66. The fraction of sp³-hybridized carbons (Fsp3) is 0.455. The fourth-order valence-corrected chi connectivity index (χ4v) is 1.19. The number of hydrogen-bond donors (Lipinski definition) is 1. The number of aryl methyl sites for hydroxylation is 1. The van der Waals surface area contributed by atoms with Crippen molar-refractivity contribution in [3.63, 3.8) is 0 Å². The Hall–Kier alpha value is -1.22. The third-order valence-corrected chi connectivity index (χ3v) is 1.90. The maximum atomic E-state index is 4.30. The van der Waals surface area contributed by atoms with E-state index < -0.39 is 0 Å². The number of allylic oxidation sites excluding steroid dienone is 1. The minimum atomic E-state index is 0.820. The first-order valence-corrected chi connectivity index (χ1v) is 4.93. The van der Waals surface area contributed by atoms with Crippen molar-refractivity contribution in [2.24, 2.45) is 0 Å². The standard InChI is InChI=1S/C11H17N3/c1-3-4-5-7-12-9-11-6-8-13-10(2)14-11/h3,6,8,12H,1,4-5,7,9H2,2H3. The average molecular weight is 191 g/mol. The van der Waals surface area contributed by atoms with E-state index in [4.69, 9.17) is 0 Å². The molecule has 0 aliphatic carbocycles. The molecule has 0 radical (unpaired) electrons. The number of rotatable bonds is 6. The van der Waals surface area contributed by atoms with Crippen LogP contribution in [0.15, 0.2) is 24.9 Å². The first kappa shape index (κ1) is 10.9. The van der Waals surface area contributed by atoms with Crippen LogP contribution in [0, 0.1) is 6.92 Å². The predicted octanol–water partition coefficient (Wildman–Crippen LogP) is 1.84. The van der Waals surface area contributed by atoms with Crippen molar-refractivity contribution >= 4 is 0 Å². The topological polar surface area (TPSA) is 37.8 Å². The van der Waals surface area contributed by atoms with Crippen molar-refractivity contribution in [2.45, 2.75) is 26.3 Å². The van der Waals surface area contributed by atoms with Crippen LogP contribution >= 0.6 is 0 Å². The number of unbranched alkanes of at least 4 members (excludes halogenated alkanes) is 1. The predicted molar refractivity (Wildman–Crippen MR) is 57.9 cm³/mol. The highest BCUT2D eigenvalue weighted by Gasteiger charge is 1.94. The van der Waals surface area contributed by atoms with Gasteiger partial charge in [0.05, 0.1) is 5.69 Å². The van der Waals surface area contributed by atoms with E-state index in [2.05, 4.69) is 21.9 Å². The molecule has 0 amide bonds. The normalized spacial score (nSPS) is 10.1. The van der Waals surface area contributed by atoms with Gasteiger partial charge in [-0.3, -0.25) is 0 Å². The number of aromatic nitrogens is 2. The molecule has 3 heteroatoms. The maximum absolute atomic E-state index is 4.30. The molecule has 0 saturated carbocycles. The van der Waals surface area contributed by atoms with Crippen LogP contribution in [0.4, 0.5) is 0 Å². The summed E-state index contributed by atoms with van der Waals surface area (Å²) < 4.78 is 0. The summed E-state index contributed by atoms with van der Waals surface area (Å²) in [6.45, 7) is 7.41. The highest BCUT2D eigenvalue weighted by molar-refractivity contribution is 5.00. The van der Waals surface area contributed by atoms with Gasteiger partial charge in [-0.15, -0.1) is 6.58 Å². The lowest BCUT2D eigenvalue weighted by Crippen LogP contribution is -2.15. The molecule has 0 unspecified atom stereocenters. The second kappa shape index (κ2) is 6.27. The molecule has 0 fully saturated rings. The van der Waals surface area contributed by atoms with Crippen LogP contribution in [-0.4, -0.2) is 16.5 Å². The quantitative estimate of drug-likeness (QED) is 0.550. The molecule has 0 atom stereocenters. The molecule has 0 aliphatic heterocycles. The van der Waals surface area contributed by atoms with E-state index >= 15 is 0 Å². The van der Waals surface area contributed by atoms with Crippen LogP contribution in [-0.2, 0) is 6.54 Å². The molecule has 0 aromatic carbocycles. The summed E-state index contributed by atoms with van der Waals surface area (Å²) in [5, 5.41) is 3.33. The number of nitrogens with zero attached hydrogens (tertiary/aromatic N) is 2. The lowest BCUT2D eigenvalue weighted by molar-refractivity contribution is 0.643. The minimum Gasteiger partial charge on any atom is -0.311 e. The fourth-order valence-electron chi connectivity index (χ4n) is 1.19. The van der Waals surface area contributed by atoms with Crippen molar-refractivity contribution in [3.8, 4) is 0 Å². The summed E-state index contributed by atoms with van der Waals surface area (Å²) in [7, 11) is 0. The molecule has 1 aromatic rings. The van der Waals surface area contributed by atoms with Crippen molar-refractivity contribution in [3.05, 3.63) is 36.4 Å². The van der Waals surface area contributed by atoms with Gasteiger partial charge in [0.1, 0.15) is 5.82 Å². The lowest BCUT2D eigenvalue weighted by atomic mass is 10.3. The molecule has 0 bridgehead atoms. The Bertz CT molecular complexity index is 284. The van der Waals surface area contributed by atoms with Gasteiger partial charge in [-0.2, -0.15) is 0 Å². The van der Waals surface area contributed by atoms with Gasteiger partial charge >= 0.3 is 0 Å². The van der Waals surface area contributed by atoms with Crippen LogP contribution in [0.3, 0.4) is 0 Å². The third-order valence-electron chi connectivity index (χ3n) is 1.90. The minimum absolute atomic E-state index is 0.820. The second-order valence-corrected chi connectivity index (χ2v) is 3.20. The van der Waals surface area contributed by atoms with Gasteiger partial charge in [-0.25, -0.2) is 9.97 Å². The Balaban J connectivity index is 2.21. The average Bonchev–Trinajstić information content (AvgIpc) is 2.18. The van der Waals surface area contributed by atoms with Crippen molar-refractivity contribution in [2.75, 3.05) is 6.54 Å². The van der Waals surface area contributed by atoms with Gasteiger partial charge < -0.3 is 5.32 Å². The van der Waals surface area contributed by atoms with Gasteiger partial charge in [0, 0.05) is 12.7 Å². The maximum Gasteiger partial charge on any atom is 0.125 e. The van der Waals surface area contributed by atoms with Crippen LogP contribution in [0.2, 0.25) is 0 Å². The van der Waals surface area contributed by atoms with Crippen molar-refractivity contribution in [1.29, 1.82) is 0 Å². The van der Waals surface area contributed by atoms with Gasteiger partial charge in [0.2, 0.25) is 0 Å². The zero-order chi connectivity index (χ0) is 10.2. The summed E-state index contributed by atoms with van der Waals surface area (Å²) in [4.78, 5) is 8.34. The van der Waals surface area contributed by atoms with E-state index in [0.29, 0.717) is 0 Å². The van der Waals surface area contributed by atoms with Gasteiger partial charge in [-0.05, 0) is 32.4 Å². The Kier molecular flexibility index (Phi) is 4.86. The van der Waals surface area contributed by atoms with E-state index in [1.165, 1.54) is 0 Å². The molecule has 0 spiro atoms. The Labute approximate surface area is 85.3 Å². The van der Waals surface area contributed by atoms with E-state index in [9.17, 15) is 0 Å². The SMILES string of the molecule is C=CCCCNCc1ccnc(C)n1. The highest BCUT2D eigenvalue weighted by Crippen LogP contribution is 1.94. The summed E-state index contributed by atoms with van der Waals surface area (Å²) >= 11 is 0. The molecular weight excluding hydrogens is 174 g/mol. The first-order chi connectivity index (χ1) is 6.83. The molecule has 76 valence electrons. The zero-order valence-corrected chi connectivity index (χ0v) is 8.66. The van der Waals surface area contributed by atoms with E-state index in [1.54, 1.807) is 6.20 Å². The van der Waals surface area contributed by atoms with Gasteiger partial charge in [-0.1, -0.05) is 6.08 Å². The Morgan fingerprint density at radius 2 is 2.43 bits per heavy atom. The van der Waals surface area contributed by atoms with E-state index in [-0.39, 0.29) is 0 Å². The van der Waals surface area contributed by atoms with Gasteiger partial charge in [0.15, 0.2) is 0 Å². The third kappa shape index (κ3) is 4.14. The molecule has 1 heterocycles. The molecular formula is C11H17N3. The lowest BCUT2D eigenvalue weighted by Gasteiger charge is -2.03. The van der Waals surface area contributed by atoms with Crippen LogP contribution in [0.1, 0.15) is 24.4 Å². The summed E-state index contributed by atoms with van der Waals surface area (Å²) in [5.74, 6) is 0.829. The molecule has 14 heavy (non-hydrogen) atoms.